The lowest BCUT2D eigenvalue weighted by atomic mass is 10.1. The van der Waals surface area contributed by atoms with Crippen LogP contribution in [0.5, 0.6) is 0 Å². The highest BCUT2D eigenvalue weighted by molar-refractivity contribution is 5.88. The van der Waals surface area contributed by atoms with Crippen LogP contribution in [0.2, 0.25) is 0 Å². The zero-order valence-corrected chi connectivity index (χ0v) is 18.2. The average molecular weight is 380 g/mol. The number of nitrogens with zero attached hydrogens (tertiary/aromatic N) is 1. The Kier molecular flexibility index (Phi) is 15.9. The van der Waals surface area contributed by atoms with Gasteiger partial charge in [-0.15, -0.1) is 0 Å². The van der Waals surface area contributed by atoms with Gasteiger partial charge in [0.25, 0.3) is 0 Å². The van der Waals surface area contributed by atoms with Crippen LogP contribution >= 0.6 is 0 Å². The van der Waals surface area contributed by atoms with Gasteiger partial charge in [0.2, 0.25) is 0 Å². The van der Waals surface area contributed by atoms with Crippen molar-refractivity contribution in [2.24, 2.45) is 5.90 Å². The van der Waals surface area contributed by atoms with Gasteiger partial charge < -0.3 is 9.32 Å². The Balaban J connectivity index is 0.000000569. The monoisotopic (exact) mass is 379 g/mol. The van der Waals surface area contributed by atoms with E-state index in [9.17, 15) is 4.79 Å². The molecule has 0 aromatic heterocycles. The van der Waals surface area contributed by atoms with Gasteiger partial charge in [0.05, 0.1) is 31.7 Å². The first-order valence-corrected chi connectivity index (χ1v) is 10.9. The molecule has 0 bridgehead atoms. The van der Waals surface area contributed by atoms with Crippen LogP contribution in [0, 0.1) is 0 Å². The molecular formula is C23H43N2O2+. The third kappa shape index (κ3) is 11.8. The highest BCUT2D eigenvalue weighted by atomic mass is 16.7. The summed E-state index contributed by atoms with van der Waals surface area (Å²) in [7, 11) is 0. The second-order valence-corrected chi connectivity index (χ2v) is 7.42. The fourth-order valence-corrected chi connectivity index (χ4v) is 3.29. The van der Waals surface area contributed by atoms with E-state index < -0.39 is 5.97 Å². The number of benzene rings is 1. The molecule has 2 N–H and O–H groups in total. The Morgan fingerprint density at radius 2 is 1.15 bits per heavy atom. The number of quaternary nitrogens is 1. The van der Waals surface area contributed by atoms with Crippen molar-refractivity contribution < 1.29 is 14.1 Å². The molecule has 1 aromatic rings. The van der Waals surface area contributed by atoms with Crippen molar-refractivity contribution in [3.63, 3.8) is 0 Å². The number of hydrogen-bond donors (Lipinski definition) is 1. The fourth-order valence-electron chi connectivity index (χ4n) is 3.29. The highest BCUT2D eigenvalue weighted by Gasteiger charge is 2.24. The van der Waals surface area contributed by atoms with Gasteiger partial charge in [-0.2, -0.15) is 5.90 Å². The Morgan fingerprint density at radius 3 is 1.44 bits per heavy atom. The van der Waals surface area contributed by atoms with Gasteiger partial charge in [-0.05, 0) is 37.8 Å². The predicted octanol–water partition coefficient (Wildman–Crippen LogP) is 5.72. The standard InChI is InChI=1S/C16H36N.C7H7NO2/c1-5-9-13-17(14-10-6-2,15-11-7-3)16-12-8-4;8-10-7(9)6-4-2-1-3-5-6/h5-16H2,1-4H3;1-5H,8H2/q+1;. The molecule has 1 aromatic carbocycles. The summed E-state index contributed by atoms with van der Waals surface area (Å²) in [4.78, 5) is 14.7. The van der Waals surface area contributed by atoms with E-state index >= 15 is 0 Å². The summed E-state index contributed by atoms with van der Waals surface area (Å²) in [5.74, 6) is 4.14. The summed E-state index contributed by atoms with van der Waals surface area (Å²) < 4.78 is 1.42. The van der Waals surface area contributed by atoms with Gasteiger partial charge >= 0.3 is 5.97 Å². The molecule has 0 unspecified atom stereocenters. The molecular weight excluding hydrogens is 336 g/mol. The van der Waals surface area contributed by atoms with E-state index in [1.807, 2.05) is 6.07 Å². The molecule has 0 spiro atoms. The van der Waals surface area contributed by atoms with Crippen LogP contribution in [0.3, 0.4) is 0 Å². The summed E-state index contributed by atoms with van der Waals surface area (Å²) in [5, 5.41) is 0. The molecule has 0 saturated heterocycles. The summed E-state index contributed by atoms with van der Waals surface area (Å²) in [6, 6.07) is 8.57. The van der Waals surface area contributed by atoms with Gasteiger partial charge in [0.15, 0.2) is 0 Å². The lowest BCUT2D eigenvalue weighted by Gasteiger charge is -2.39. The average Bonchev–Trinajstić information content (AvgIpc) is 2.73. The van der Waals surface area contributed by atoms with Gasteiger partial charge in [-0.25, -0.2) is 4.79 Å². The van der Waals surface area contributed by atoms with Crippen LogP contribution in [0.1, 0.15) is 89.4 Å². The van der Waals surface area contributed by atoms with E-state index in [4.69, 9.17) is 0 Å². The highest BCUT2D eigenvalue weighted by Crippen LogP contribution is 2.16. The third-order valence-corrected chi connectivity index (χ3v) is 5.06. The molecule has 4 heteroatoms. The minimum atomic E-state index is -0.513. The molecule has 0 aliphatic heterocycles. The van der Waals surface area contributed by atoms with Crippen LogP contribution in [0.15, 0.2) is 30.3 Å². The van der Waals surface area contributed by atoms with E-state index in [0.717, 1.165) is 0 Å². The van der Waals surface area contributed by atoms with Crippen molar-refractivity contribution in [1.82, 2.24) is 0 Å². The van der Waals surface area contributed by atoms with Gasteiger partial charge in [0.1, 0.15) is 0 Å². The van der Waals surface area contributed by atoms with Crippen LogP contribution in [-0.4, -0.2) is 36.6 Å². The molecule has 0 heterocycles. The minimum absolute atomic E-state index is 0.463. The Bertz CT molecular complexity index is 425. The van der Waals surface area contributed by atoms with Crippen molar-refractivity contribution in [1.29, 1.82) is 0 Å². The molecule has 156 valence electrons. The summed E-state index contributed by atoms with van der Waals surface area (Å²) in [6.45, 7) is 15.0. The summed E-state index contributed by atoms with van der Waals surface area (Å²) in [5.41, 5.74) is 0.463. The van der Waals surface area contributed by atoms with Crippen molar-refractivity contribution in [2.75, 3.05) is 26.2 Å². The second-order valence-electron chi connectivity index (χ2n) is 7.42. The number of hydrogen-bond acceptors (Lipinski definition) is 3. The van der Waals surface area contributed by atoms with Crippen molar-refractivity contribution in [2.45, 2.75) is 79.1 Å². The lowest BCUT2D eigenvalue weighted by Crippen LogP contribution is -2.50. The quantitative estimate of drug-likeness (QED) is 0.352. The molecule has 0 amide bonds. The largest absolute Gasteiger partial charge is 0.370 e. The van der Waals surface area contributed by atoms with Crippen LogP contribution in [-0.2, 0) is 4.84 Å². The lowest BCUT2D eigenvalue weighted by molar-refractivity contribution is -0.929. The molecule has 0 saturated carbocycles. The van der Waals surface area contributed by atoms with Gasteiger partial charge in [-0.3, -0.25) is 0 Å². The Morgan fingerprint density at radius 1 is 0.778 bits per heavy atom. The minimum Gasteiger partial charge on any atom is -0.370 e. The van der Waals surface area contributed by atoms with E-state index in [0.29, 0.717) is 5.56 Å². The molecule has 0 radical (unpaired) electrons. The number of rotatable bonds is 13. The Labute approximate surface area is 167 Å². The fraction of sp³-hybridized carbons (Fsp3) is 0.696. The van der Waals surface area contributed by atoms with Crippen molar-refractivity contribution in [3.8, 4) is 0 Å². The van der Waals surface area contributed by atoms with Crippen LogP contribution < -0.4 is 5.90 Å². The molecule has 1 rings (SSSR count). The van der Waals surface area contributed by atoms with E-state index in [-0.39, 0.29) is 0 Å². The molecule has 0 aliphatic rings. The summed E-state index contributed by atoms with van der Waals surface area (Å²) >= 11 is 0. The first-order chi connectivity index (χ1) is 13.1. The topological polar surface area (TPSA) is 52.3 Å². The smallest absolute Gasteiger partial charge is 0.356 e. The maximum atomic E-state index is 10.7. The van der Waals surface area contributed by atoms with E-state index in [1.54, 1.807) is 24.3 Å². The zero-order chi connectivity index (χ0) is 20.4. The second kappa shape index (κ2) is 16.8. The molecule has 4 nitrogen and oxygen atoms in total. The maximum absolute atomic E-state index is 10.7. The van der Waals surface area contributed by atoms with Gasteiger partial charge in [0, 0.05) is 0 Å². The van der Waals surface area contributed by atoms with Gasteiger partial charge in [-0.1, -0.05) is 71.6 Å². The molecule has 0 fully saturated rings. The first kappa shape index (κ1) is 25.6. The van der Waals surface area contributed by atoms with Crippen molar-refractivity contribution >= 4 is 5.97 Å². The number of carbonyl (C=O) groups excluding carboxylic acids is 1. The number of carbonyl (C=O) groups is 1. The summed E-state index contributed by atoms with van der Waals surface area (Å²) in [6.07, 6.45) is 11.1. The molecule has 27 heavy (non-hydrogen) atoms. The van der Waals surface area contributed by atoms with E-state index in [2.05, 4.69) is 38.4 Å². The molecule has 0 aliphatic carbocycles. The zero-order valence-electron chi connectivity index (χ0n) is 18.2. The first-order valence-electron chi connectivity index (χ1n) is 10.9. The van der Waals surface area contributed by atoms with Crippen LogP contribution in [0.4, 0.5) is 0 Å². The van der Waals surface area contributed by atoms with Crippen LogP contribution in [0.25, 0.3) is 0 Å². The third-order valence-electron chi connectivity index (χ3n) is 5.06. The van der Waals surface area contributed by atoms with E-state index in [1.165, 1.54) is 82.0 Å². The van der Waals surface area contributed by atoms with Crippen molar-refractivity contribution in [3.05, 3.63) is 35.9 Å². The Hall–Kier alpha value is -1.39. The number of nitrogens with two attached hydrogens (primary N) is 1. The maximum Gasteiger partial charge on any atom is 0.356 e. The predicted molar refractivity (Wildman–Crippen MR) is 115 cm³/mol. The SMILES string of the molecule is CCCC[N+](CCCC)(CCCC)CCCC.NOC(=O)c1ccccc1. The number of unbranched alkanes of at least 4 members (excludes halogenated alkanes) is 4. The molecule has 0 atom stereocenters. The normalized spacial score (nSPS) is 10.9.